The molecule has 0 N–H and O–H groups in total. The molecule has 3 aromatic rings. The molecule has 1 atom stereocenters. The van der Waals surface area contributed by atoms with Crippen molar-refractivity contribution in [3.8, 4) is 0 Å². The lowest BCUT2D eigenvalue weighted by Gasteiger charge is -2.31. The Kier molecular flexibility index (Phi) is 5.46. The predicted octanol–water partition coefficient (Wildman–Crippen LogP) is 0.922. The van der Waals surface area contributed by atoms with E-state index in [1.807, 2.05) is 5.01 Å². The number of pyridine rings is 1. The summed E-state index contributed by atoms with van der Waals surface area (Å²) in [6, 6.07) is 3.57. The number of ether oxygens (including phenoxy) is 2. The quantitative estimate of drug-likeness (QED) is 0.549. The van der Waals surface area contributed by atoms with Crippen LogP contribution in [0, 0.1) is 0 Å². The van der Waals surface area contributed by atoms with E-state index in [1.165, 1.54) is 17.2 Å². The first-order chi connectivity index (χ1) is 14.5. The molecule has 11 heteroatoms. The van der Waals surface area contributed by atoms with E-state index < -0.39 is 11.9 Å². The fourth-order valence-electron chi connectivity index (χ4n) is 3.57. The van der Waals surface area contributed by atoms with Gasteiger partial charge in [-0.1, -0.05) is 0 Å². The molecule has 0 aromatic carbocycles. The standard InChI is InChI=1S/C19H23N7O4/c1-4-30-19(28)15-9-21-23(2)17(15)18(27)26(24-8-7-14(11-24)29-3)13-5-6-16-20-12-22-25(16)10-13/h5-6,9-10,12,14H,4,7-8,11H2,1-3H3. The van der Waals surface area contributed by atoms with Crippen molar-refractivity contribution in [3.63, 3.8) is 0 Å². The lowest BCUT2D eigenvalue weighted by molar-refractivity contribution is 0.0521. The van der Waals surface area contributed by atoms with Crippen LogP contribution < -0.4 is 5.01 Å². The van der Waals surface area contributed by atoms with Gasteiger partial charge in [-0.25, -0.2) is 24.3 Å². The number of anilines is 1. The van der Waals surface area contributed by atoms with E-state index in [4.69, 9.17) is 9.47 Å². The van der Waals surface area contributed by atoms with Crippen LogP contribution in [0.3, 0.4) is 0 Å². The highest BCUT2D eigenvalue weighted by atomic mass is 16.5. The van der Waals surface area contributed by atoms with Gasteiger partial charge in [0.1, 0.15) is 17.6 Å². The number of hydrogen-bond acceptors (Lipinski definition) is 8. The summed E-state index contributed by atoms with van der Waals surface area (Å²) >= 11 is 0. The SMILES string of the molecule is CCOC(=O)c1cnn(C)c1C(=O)N(c1ccc2ncnn2c1)N1CCC(OC)C1. The second kappa shape index (κ2) is 8.20. The maximum Gasteiger partial charge on any atom is 0.342 e. The molecule has 0 aliphatic carbocycles. The van der Waals surface area contributed by atoms with E-state index in [9.17, 15) is 9.59 Å². The van der Waals surface area contributed by atoms with Crippen LogP contribution in [-0.2, 0) is 16.5 Å². The first-order valence-corrected chi connectivity index (χ1v) is 9.64. The highest BCUT2D eigenvalue weighted by Crippen LogP contribution is 2.25. The van der Waals surface area contributed by atoms with Crippen LogP contribution in [0.25, 0.3) is 5.65 Å². The molecule has 0 spiro atoms. The summed E-state index contributed by atoms with van der Waals surface area (Å²) in [6.45, 7) is 3.07. The summed E-state index contributed by atoms with van der Waals surface area (Å²) in [7, 11) is 3.28. The number of amides is 1. The largest absolute Gasteiger partial charge is 0.462 e. The van der Waals surface area contributed by atoms with Crippen LogP contribution in [0.15, 0.2) is 30.9 Å². The van der Waals surface area contributed by atoms with E-state index in [0.29, 0.717) is 24.4 Å². The number of hydrazine groups is 1. The number of rotatable bonds is 6. The Morgan fingerprint density at radius 1 is 1.30 bits per heavy atom. The first kappa shape index (κ1) is 20.0. The Labute approximate surface area is 172 Å². The molecule has 1 fully saturated rings. The molecule has 0 radical (unpaired) electrons. The summed E-state index contributed by atoms with van der Waals surface area (Å²) in [5.41, 5.74) is 1.52. The number of fused-ring (bicyclic) bond motifs is 1. The summed E-state index contributed by atoms with van der Waals surface area (Å²) < 4.78 is 13.6. The topological polar surface area (TPSA) is 107 Å². The van der Waals surface area contributed by atoms with Crippen molar-refractivity contribution < 1.29 is 19.1 Å². The van der Waals surface area contributed by atoms with Crippen molar-refractivity contribution in [3.05, 3.63) is 42.1 Å². The Morgan fingerprint density at radius 3 is 2.87 bits per heavy atom. The van der Waals surface area contributed by atoms with E-state index in [0.717, 1.165) is 6.42 Å². The Balaban J connectivity index is 1.77. The Morgan fingerprint density at radius 2 is 2.13 bits per heavy atom. The lowest BCUT2D eigenvalue weighted by atomic mass is 10.2. The number of hydrogen-bond donors (Lipinski definition) is 0. The number of aryl methyl sites for hydroxylation is 1. The van der Waals surface area contributed by atoms with Gasteiger partial charge in [0.25, 0.3) is 5.91 Å². The average Bonchev–Trinajstić information content (AvgIpc) is 3.47. The van der Waals surface area contributed by atoms with Crippen LogP contribution in [0.2, 0.25) is 0 Å². The molecule has 1 aliphatic rings. The van der Waals surface area contributed by atoms with Gasteiger partial charge in [-0.3, -0.25) is 9.48 Å². The summed E-state index contributed by atoms with van der Waals surface area (Å²) in [5, 5.41) is 11.7. The van der Waals surface area contributed by atoms with Gasteiger partial charge in [-0.05, 0) is 25.5 Å². The third kappa shape index (κ3) is 3.53. The van der Waals surface area contributed by atoms with E-state index in [1.54, 1.807) is 48.9 Å². The molecule has 4 rings (SSSR count). The average molecular weight is 413 g/mol. The van der Waals surface area contributed by atoms with Crippen molar-refractivity contribution in [2.75, 3.05) is 31.8 Å². The van der Waals surface area contributed by atoms with Crippen molar-refractivity contribution in [1.29, 1.82) is 0 Å². The van der Waals surface area contributed by atoms with Gasteiger partial charge >= 0.3 is 5.97 Å². The molecule has 158 valence electrons. The molecular weight excluding hydrogens is 390 g/mol. The molecular formula is C19H23N7O4. The molecule has 0 saturated carbocycles. The minimum absolute atomic E-state index is 0.00599. The number of aromatic nitrogens is 5. The number of carbonyl (C=O) groups is 2. The van der Waals surface area contributed by atoms with Crippen LogP contribution in [0.5, 0.6) is 0 Å². The number of nitrogens with zero attached hydrogens (tertiary/aromatic N) is 7. The zero-order chi connectivity index (χ0) is 21.3. The van der Waals surface area contributed by atoms with Crippen LogP contribution in [-0.4, -0.2) is 74.2 Å². The highest BCUT2D eigenvalue weighted by Gasteiger charge is 2.35. The molecule has 1 unspecified atom stereocenters. The number of esters is 1. The molecule has 0 bridgehead atoms. The minimum Gasteiger partial charge on any atom is -0.462 e. The zero-order valence-electron chi connectivity index (χ0n) is 17.1. The molecule has 4 heterocycles. The Hall–Kier alpha value is -3.31. The normalized spacial score (nSPS) is 16.8. The van der Waals surface area contributed by atoms with E-state index in [-0.39, 0.29) is 24.0 Å². The molecule has 1 aliphatic heterocycles. The van der Waals surface area contributed by atoms with Gasteiger partial charge < -0.3 is 9.47 Å². The van der Waals surface area contributed by atoms with Crippen LogP contribution >= 0.6 is 0 Å². The van der Waals surface area contributed by atoms with Gasteiger partial charge in [0.2, 0.25) is 0 Å². The lowest BCUT2D eigenvalue weighted by Crippen LogP contribution is -2.47. The summed E-state index contributed by atoms with van der Waals surface area (Å²) in [5.74, 6) is -0.980. The minimum atomic E-state index is -0.586. The van der Waals surface area contributed by atoms with Crippen LogP contribution in [0.4, 0.5) is 5.69 Å². The number of carbonyl (C=O) groups excluding carboxylic acids is 2. The maximum absolute atomic E-state index is 13.7. The van der Waals surface area contributed by atoms with Crippen molar-refractivity contribution >= 4 is 23.2 Å². The third-order valence-corrected chi connectivity index (χ3v) is 5.07. The van der Waals surface area contributed by atoms with Gasteiger partial charge in [0.15, 0.2) is 5.65 Å². The van der Waals surface area contributed by atoms with Gasteiger partial charge in [0.05, 0.1) is 30.8 Å². The molecule has 3 aromatic heterocycles. The monoisotopic (exact) mass is 413 g/mol. The predicted molar refractivity (Wildman–Crippen MR) is 106 cm³/mol. The maximum atomic E-state index is 13.7. The summed E-state index contributed by atoms with van der Waals surface area (Å²) in [4.78, 5) is 30.3. The number of methoxy groups -OCH3 is 1. The zero-order valence-corrected chi connectivity index (χ0v) is 17.1. The smallest absolute Gasteiger partial charge is 0.342 e. The van der Waals surface area contributed by atoms with Crippen LogP contribution in [0.1, 0.15) is 34.2 Å². The van der Waals surface area contributed by atoms with Gasteiger partial charge in [-0.15, -0.1) is 0 Å². The first-order valence-electron chi connectivity index (χ1n) is 9.64. The van der Waals surface area contributed by atoms with Gasteiger partial charge in [0, 0.05) is 27.2 Å². The van der Waals surface area contributed by atoms with E-state index in [2.05, 4.69) is 15.2 Å². The van der Waals surface area contributed by atoms with E-state index >= 15 is 0 Å². The van der Waals surface area contributed by atoms with Crippen molar-refractivity contribution in [1.82, 2.24) is 29.4 Å². The Bertz CT molecular complexity index is 1080. The molecule has 11 nitrogen and oxygen atoms in total. The fourth-order valence-corrected chi connectivity index (χ4v) is 3.57. The molecule has 30 heavy (non-hydrogen) atoms. The molecule has 1 saturated heterocycles. The fraction of sp³-hybridized carbons (Fsp3) is 0.421. The van der Waals surface area contributed by atoms with Gasteiger partial charge in [-0.2, -0.15) is 10.2 Å². The van der Waals surface area contributed by atoms with Crippen molar-refractivity contribution in [2.45, 2.75) is 19.4 Å². The third-order valence-electron chi connectivity index (χ3n) is 5.07. The summed E-state index contributed by atoms with van der Waals surface area (Å²) in [6.07, 6.45) is 5.31. The van der Waals surface area contributed by atoms with Crippen molar-refractivity contribution in [2.24, 2.45) is 7.05 Å². The second-order valence-corrected chi connectivity index (χ2v) is 6.88. The molecule has 1 amide bonds. The second-order valence-electron chi connectivity index (χ2n) is 6.88. The highest BCUT2D eigenvalue weighted by molar-refractivity contribution is 6.10.